The van der Waals surface area contributed by atoms with Crippen molar-refractivity contribution in [2.24, 2.45) is 0 Å². The molecular weight excluding hydrogens is 173 g/mol. The lowest BCUT2D eigenvalue weighted by Crippen LogP contribution is -2.49. The summed E-state index contributed by atoms with van der Waals surface area (Å²) < 4.78 is 17.2. The third-order valence-electron chi connectivity index (χ3n) is 2.43. The molecule has 0 spiro atoms. The van der Waals surface area contributed by atoms with Gasteiger partial charge in [-0.3, -0.25) is 9.18 Å². The number of hydrogen-bond acceptors (Lipinski definition) is 3. The van der Waals surface area contributed by atoms with Gasteiger partial charge in [-0.25, -0.2) is 0 Å². The van der Waals surface area contributed by atoms with Gasteiger partial charge in [0.15, 0.2) is 0 Å². The summed E-state index contributed by atoms with van der Waals surface area (Å²) in [6.45, 7) is 2.41. The molecule has 1 aliphatic heterocycles. The van der Waals surface area contributed by atoms with E-state index in [1.807, 2.05) is 0 Å². The van der Waals surface area contributed by atoms with E-state index in [4.69, 9.17) is 4.74 Å². The van der Waals surface area contributed by atoms with Crippen LogP contribution in [-0.4, -0.2) is 31.3 Å². The van der Waals surface area contributed by atoms with Gasteiger partial charge in [-0.1, -0.05) is 0 Å². The summed E-state index contributed by atoms with van der Waals surface area (Å²) in [5.41, 5.74) is -0.731. The highest BCUT2D eigenvalue weighted by Gasteiger charge is 2.41. The second-order valence-corrected chi connectivity index (χ2v) is 3.27. The maximum Gasteiger partial charge on any atom is 0.326 e. The Morgan fingerprint density at radius 1 is 1.69 bits per heavy atom. The first-order valence-corrected chi connectivity index (χ1v) is 4.73. The highest BCUT2D eigenvalue weighted by Crippen LogP contribution is 2.24. The molecule has 0 bridgehead atoms. The number of esters is 1. The van der Waals surface area contributed by atoms with Gasteiger partial charge in [0.2, 0.25) is 0 Å². The van der Waals surface area contributed by atoms with Gasteiger partial charge in [0.1, 0.15) is 5.54 Å². The molecule has 1 N–H and O–H groups in total. The van der Waals surface area contributed by atoms with E-state index >= 15 is 0 Å². The first-order valence-electron chi connectivity index (χ1n) is 4.73. The van der Waals surface area contributed by atoms with Crippen molar-refractivity contribution in [2.75, 3.05) is 19.8 Å². The number of carbonyl (C=O) groups excluding carboxylic acids is 1. The number of alkyl halides is 1. The van der Waals surface area contributed by atoms with E-state index in [2.05, 4.69) is 5.32 Å². The summed E-state index contributed by atoms with van der Waals surface area (Å²) >= 11 is 0. The fraction of sp³-hybridized carbons (Fsp3) is 0.889. The molecule has 1 heterocycles. The van der Waals surface area contributed by atoms with Crippen molar-refractivity contribution < 1.29 is 13.9 Å². The van der Waals surface area contributed by atoms with Gasteiger partial charge in [0, 0.05) is 6.42 Å². The second-order valence-electron chi connectivity index (χ2n) is 3.27. The lowest BCUT2D eigenvalue weighted by molar-refractivity contribution is -0.151. The van der Waals surface area contributed by atoms with Crippen LogP contribution >= 0.6 is 0 Å². The van der Waals surface area contributed by atoms with Gasteiger partial charge in [-0.2, -0.15) is 0 Å². The number of nitrogens with one attached hydrogen (secondary N) is 1. The summed E-state index contributed by atoms with van der Waals surface area (Å²) in [6.07, 6.45) is 1.83. The SMILES string of the molecule is CCOC(=O)C1(CCF)CCCN1. The highest BCUT2D eigenvalue weighted by molar-refractivity contribution is 5.81. The average Bonchev–Trinajstić information content (AvgIpc) is 2.55. The largest absolute Gasteiger partial charge is 0.465 e. The minimum Gasteiger partial charge on any atom is -0.465 e. The van der Waals surface area contributed by atoms with E-state index in [-0.39, 0.29) is 12.4 Å². The van der Waals surface area contributed by atoms with E-state index in [0.717, 1.165) is 13.0 Å². The zero-order valence-electron chi connectivity index (χ0n) is 7.94. The van der Waals surface area contributed by atoms with Crippen LogP contribution in [0.3, 0.4) is 0 Å². The average molecular weight is 189 g/mol. The predicted octanol–water partition coefficient (Wildman–Crippen LogP) is 1.03. The summed E-state index contributed by atoms with van der Waals surface area (Å²) in [6, 6.07) is 0. The third kappa shape index (κ3) is 2.18. The van der Waals surface area contributed by atoms with Crippen LogP contribution in [-0.2, 0) is 9.53 Å². The van der Waals surface area contributed by atoms with Crippen LogP contribution in [0.1, 0.15) is 26.2 Å². The van der Waals surface area contributed by atoms with Crippen molar-refractivity contribution in [1.82, 2.24) is 5.32 Å². The Bertz CT molecular complexity index is 178. The summed E-state index contributed by atoms with van der Waals surface area (Å²) in [4.78, 5) is 11.5. The van der Waals surface area contributed by atoms with Crippen molar-refractivity contribution >= 4 is 5.97 Å². The maximum atomic E-state index is 12.2. The van der Waals surface area contributed by atoms with E-state index < -0.39 is 12.2 Å². The molecule has 0 saturated carbocycles. The monoisotopic (exact) mass is 189 g/mol. The lowest BCUT2D eigenvalue weighted by atomic mass is 9.94. The first kappa shape index (κ1) is 10.4. The highest BCUT2D eigenvalue weighted by atomic mass is 19.1. The van der Waals surface area contributed by atoms with Crippen molar-refractivity contribution in [3.63, 3.8) is 0 Å². The van der Waals surface area contributed by atoms with Crippen molar-refractivity contribution in [3.05, 3.63) is 0 Å². The molecule has 0 aromatic rings. The zero-order valence-corrected chi connectivity index (χ0v) is 7.94. The van der Waals surface area contributed by atoms with Crippen molar-refractivity contribution in [3.8, 4) is 0 Å². The standard InChI is InChI=1S/C9H16FNO2/c1-2-13-8(12)9(5-6-10)4-3-7-11-9/h11H,2-7H2,1H3. The predicted molar refractivity (Wildman–Crippen MR) is 47.2 cm³/mol. The molecule has 1 atom stereocenters. The molecule has 76 valence electrons. The molecule has 1 unspecified atom stereocenters. The number of rotatable bonds is 4. The maximum absolute atomic E-state index is 12.2. The second kappa shape index (κ2) is 4.56. The van der Waals surface area contributed by atoms with Crippen LogP contribution < -0.4 is 5.32 Å². The lowest BCUT2D eigenvalue weighted by Gasteiger charge is -2.25. The van der Waals surface area contributed by atoms with Crippen LogP contribution in [0.2, 0.25) is 0 Å². The van der Waals surface area contributed by atoms with Crippen LogP contribution in [0, 0.1) is 0 Å². The molecule has 0 aliphatic carbocycles. The van der Waals surface area contributed by atoms with Crippen molar-refractivity contribution in [2.45, 2.75) is 31.7 Å². The van der Waals surface area contributed by atoms with Gasteiger partial charge < -0.3 is 10.1 Å². The zero-order chi connectivity index (χ0) is 9.73. The van der Waals surface area contributed by atoms with Crippen molar-refractivity contribution in [1.29, 1.82) is 0 Å². The van der Waals surface area contributed by atoms with Gasteiger partial charge in [-0.05, 0) is 26.3 Å². The van der Waals surface area contributed by atoms with Crippen LogP contribution in [0.25, 0.3) is 0 Å². The Labute approximate surface area is 77.6 Å². The first-order chi connectivity index (χ1) is 6.25. The van der Waals surface area contributed by atoms with E-state index in [9.17, 15) is 9.18 Å². The fourth-order valence-electron chi connectivity index (χ4n) is 1.73. The summed E-state index contributed by atoms with van der Waals surface area (Å²) in [5.74, 6) is -0.301. The smallest absolute Gasteiger partial charge is 0.326 e. The van der Waals surface area contributed by atoms with E-state index in [0.29, 0.717) is 13.0 Å². The van der Waals surface area contributed by atoms with Gasteiger partial charge >= 0.3 is 5.97 Å². The fourth-order valence-corrected chi connectivity index (χ4v) is 1.73. The molecular formula is C9H16FNO2. The molecule has 0 amide bonds. The molecule has 4 heteroatoms. The van der Waals surface area contributed by atoms with Gasteiger partial charge in [0.05, 0.1) is 13.3 Å². The Balaban J connectivity index is 2.60. The summed E-state index contributed by atoms with van der Waals surface area (Å²) in [5, 5.41) is 3.04. The number of ether oxygens (including phenoxy) is 1. The Hall–Kier alpha value is -0.640. The molecule has 1 aliphatic rings. The minimum atomic E-state index is -0.731. The normalized spacial score (nSPS) is 27.5. The molecule has 13 heavy (non-hydrogen) atoms. The number of carbonyl (C=O) groups is 1. The number of hydrogen-bond donors (Lipinski definition) is 1. The molecule has 3 nitrogen and oxygen atoms in total. The molecule has 0 aromatic heterocycles. The van der Waals surface area contributed by atoms with Gasteiger partial charge in [0.25, 0.3) is 0 Å². The topological polar surface area (TPSA) is 38.3 Å². The Kier molecular flexibility index (Phi) is 3.66. The minimum absolute atomic E-state index is 0.228. The van der Waals surface area contributed by atoms with E-state index in [1.165, 1.54) is 0 Å². The van der Waals surface area contributed by atoms with E-state index in [1.54, 1.807) is 6.92 Å². The van der Waals surface area contributed by atoms with Gasteiger partial charge in [-0.15, -0.1) is 0 Å². The van der Waals surface area contributed by atoms with Crippen LogP contribution in [0.15, 0.2) is 0 Å². The van der Waals surface area contributed by atoms with Crippen LogP contribution in [0.4, 0.5) is 4.39 Å². The van der Waals surface area contributed by atoms with Crippen LogP contribution in [0.5, 0.6) is 0 Å². The molecule has 1 fully saturated rings. The molecule has 0 aromatic carbocycles. The summed E-state index contributed by atoms with van der Waals surface area (Å²) in [7, 11) is 0. The Morgan fingerprint density at radius 2 is 2.46 bits per heavy atom. The molecule has 0 radical (unpaired) electrons. The molecule has 1 saturated heterocycles. The number of halogens is 1. The Morgan fingerprint density at radius 3 is 2.92 bits per heavy atom. The molecule has 1 rings (SSSR count). The quantitative estimate of drug-likeness (QED) is 0.671. The third-order valence-corrected chi connectivity index (χ3v) is 2.43.